The number of benzene rings is 1. The van der Waals surface area contributed by atoms with Gasteiger partial charge in [0.25, 0.3) is 0 Å². The number of alkyl halides is 1. The maximum atomic E-state index is 14.1. The van der Waals surface area contributed by atoms with Crippen LogP contribution in [0.5, 0.6) is 11.5 Å². The first-order valence-electron chi connectivity index (χ1n) is 9.46. The lowest BCUT2D eigenvalue weighted by molar-refractivity contribution is -0.144. The molecular formula is C20H27FN2O4. The molecule has 0 saturated carbocycles. The third-order valence-electron chi connectivity index (χ3n) is 5.33. The Bertz CT molecular complexity index is 691. The standard InChI is InChI=1S/C20H27FN2O4/c1-26-17-7-6-14(10-18(17)27-2)11-19(24)23-13-15(21)12-16(23)20(25)22-8-4-3-5-9-22/h6-7,10,15-16H,3-5,8-9,11-13H2,1-2H3/t15-,16-/m0/s1. The largest absolute Gasteiger partial charge is 0.493 e. The van der Waals surface area contributed by atoms with Crippen LogP contribution < -0.4 is 9.47 Å². The van der Waals surface area contributed by atoms with Crippen LogP contribution in [0.3, 0.4) is 0 Å². The number of hydrogen-bond donors (Lipinski definition) is 0. The van der Waals surface area contributed by atoms with E-state index < -0.39 is 12.2 Å². The molecule has 0 N–H and O–H groups in total. The number of piperidine rings is 1. The van der Waals surface area contributed by atoms with Gasteiger partial charge in [-0.3, -0.25) is 9.59 Å². The second-order valence-electron chi connectivity index (χ2n) is 7.15. The molecule has 0 unspecified atom stereocenters. The zero-order valence-corrected chi connectivity index (χ0v) is 15.9. The van der Waals surface area contributed by atoms with Gasteiger partial charge in [0.05, 0.1) is 27.2 Å². The van der Waals surface area contributed by atoms with Gasteiger partial charge in [-0.15, -0.1) is 0 Å². The number of amides is 2. The Balaban J connectivity index is 1.71. The number of rotatable bonds is 5. The summed E-state index contributed by atoms with van der Waals surface area (Å²) in [6.07, 6.45) is 2.08. The van der Waals surface area contributed by atoms with Crippen molar-refractivity contribution in [3.8, 4) is 11.5 Å². The Labute approximate surface area is 159 Å². The molecule has 0 aliphatic carbocycles. The number of ether oxygens (including phenoxy) is 2. The molecule has 6 nitrogen and oxygen atoms in total. The predicted octanol–water partition coefficient (Wildman–Crippen LogP) is 2.20. The van der Waals surface area contributed by atoms with Crippen LogP contribution >= 0.6 is 0 Å². The van der Waals surface area contributed by atoms with Crippen LogP contribution in [0.1, 0.15) is 31.2 Å². The van der Waals surface area contributed by atoms with Crippen LogP contribution in [0.2, 0.25) is 0 Å². The number of halogens is 1. The first kappa shape index (κ1) is 19.5. The van der Waals surface area contributed by atoms with Crippen molar-refractivity contribution in [2.45, 2.75) is 44.3 Å². The summed E-state index contributed by atoms with van der Waals surface area (Å²) in [4.78, 5) is 28.9. The van der Waals surface area contributed by atoms with E-state index in [9.17, 15) is 14.0 Å². The minimum Gasteiger partial charge on any atom is -0.493 e. The van der Waals surface area contributed by atoms with E-state index >= 15 is 0 Å². The van der Waals surface area contributed by atoms with E-state index in [0.29, 0.717) is 24.6 Å². The average Bonchev–Trinajstić information content (AvgIpc) is 3.09. The smallest absolute Gasteiger partial charge is 0.245 e. The van der Waals surface area contributed by atoms with Gasteiger partial charge >= 0.3 is 0 Å². The topological polar surface area (TPSA) is 59.1 Å². The van der Waals surface area contributed by atoms with Gasteiger partial charge in [0.2, 0.25) is 11.8 Å². The highest BCUT2D eigenvalue weighted by molar-refractivity contribution is 5.89. The van der Waals surface area contributed by atoms with E-state index in [1.165, 1.54) is 12.0 Å². The molecule has 2 heterocycles. The highest BCUT2D eigenvalue weighted by atomic mass is 19.1. The lowest BCUT2D eigenvalue weighted by Crippen LogP contribution is -2.49. The van der Waals surface area contributed by atoms with Crippen LogP contribution in [0.25, 0.3) is 0 Å². The summed E-state index contributed by atoms with van der Waals surface area (Å²) in [5.41, 5.74) is 0.740. The molecule has 3 rings (SSSR count). The summed E-state index contributed by atoms with van der Waals surface area (Å²) in [5.74, 6) is 0.763. The Morgan fingerprint density at radius 1 is 1.11 bits per heavy atom. The third-order valence-corrected chi connectivity index (χ3v) is 5.33. The molecule has 0 bridgehead atoms. The maximum Gasteiger partial charge on any atom is 0.245 e. The van der Waals surface area contributed by atoms with Gasteiger partial charge in [-0.1, -0.05) is 6.07 Å². The summed E-state index contributed by atoms with van der Waals surface area (Å²) in [7, 11) is 3.08. The minimum absolute atomic E-state index is 0.0175. The highest BCUT2D eigenvalue weighted by Gasteiger charge is 2.41. The van der Waals surface area contributed by atoms with Crippen LogP contribution in [-0.2, 0) is 16.0 Å². The number of nitrogens with zero attached hydrogens (tertiary/aromatic N) is 2. The van der Waals surface area contributed by atoms with Gasteiger partial charge in [-0.25, -0.2) is 4.39 Å². The second-order valence-corrected chi connectivity index (χ2v) is 7.15. The molecule has 0 spiro atoms. The third kappa shape index (κ3) is 4.34. The normalized spacial score (nSPS) is 22.6. The first-order chi connectivity index (χ1) is 13.0. The number of carbonyl (C=O) groups is 2. The van der Waals surface area contributed by atoms with Crippen LogP contribution in [0, 0.1) is 0 Å². The molecular weight excluding hydrogens is 351 g/mol. The molecule has 2 fully saturated rings. The summed E-state index contributed by atoms with van der Waals surface area (Å²) >= 11 is 0. The van der Waals surface area contributed by atoms with E-state index in [1.807, 2.05) is 0 Å². The van der Waals surface area contributed by atoms with Crippen LogP contribution in [0.4, 0.5) is 4.39 Å². The van der Waals surface area contributed by atoms with Crippen molar-refractivity contribution in [3.05, 3.63) is 23.8 Å². The number of hydrogen-bond acceptors (Lipinski definition) is 4. The van der Waals surface area contributed by atoms with E-state index in [-0.39, 0.29) is 31.2 Å². The summed E-state index contributed by atoms with van der Waals surface area (Å²) in [5, 5.41) is 0. The van der Waals surface area contributed by atoms with Gasteiger partial charge in [-0.2, -0.15) is 0 Å². The summed E-state index contributed by atoms with van der Waals surface area (Å²) in [6.45, 7) is 1.38. The van der Waals surface area contributed by atoms with E-state index in [1.54, 1.807) is 30.2 Å². The zero-order valence-electron chi connectivity index (χ0n) is 15.9. The second kappa shape index (κ2) is 8.59. The molecule has 27 heavy (non-hydrogen) atoms. The highest BCUT2D eigenvalue weighted by Crippen LogP contribution is 2.29. The zero-order chi connectivity index (χ0) is 19.4. The Hall–Kier alpha value is -2.31. The molecule has 2 atom stereocenters. The minimum atomic E-state index is -1.15. The van der Waals surface area contributed by atoms with Crippen molar-refractivity contribution in [2.75, 3.05) is 33.9 Å². The Kier molecular flexibility index (Phi) is 6.19. The van der Waals surface area contributed by atoms with Gasteiger partial charge in [0.15, 0.2) is 11.5 Å². The average molecular weight is 378 g/mol. The van der Waals surface area contributed by atoms with Crippen LogP contribution in [0.15, 0.2) is 18.2 Å². The fourth-order valence-electron chi connectivity index (χ4n) is 3.89. The predicted molar refractivity (Wildman–Crippen MR) is 98.7 cm³/mol. The van der Waals surface area contributed by atoms with Crippen molar-refractivity contribution in [1.29, 1.82) is 0 Å². The fraction of sp³-hybridized carbons (Fsp3) is 0.600. The lowest BCUT2D eigenvalue weighted by Gasteiger charge is -2.32. The SMILES string of the molecule is COc1ccc(CC(=O)N2C[C@@H](F)C[C@H]2C(=O)N2CCCCC2)cc1OC. The van der Waals surface area contributed by atoms with Gasteiger partial charge < -0.3 is 19.3 Å². The molecule has 0 radical (unpaired) electrons. The first-order valence-corrected chi connectivity index (χ1v) is 9.46. The van der Waals surface area contributed by atoms with Crippen molar-refractivity contribution in [3.63, 3.8) is 0 Å². The fourth-order valence-corrected chi connectivity index (χ4v) is 3.89. The number of likely N-dealkylation sites (tertiary alicyclic amines) is 2. The quantitative estimate of drug-likeness (QED) is 0.788. The molecule has 2 saturated heterocycles. The molecule has 7 heteroatoms. The lowest BCUT2D eigenvalue weighted by atomic mass is 10.1. The monoisotopic (exact) mass is 378 g/mol. The van der Waals surface area contributed by atoms with Crippen molar-refractivity contribution in [1.82, 2.24) is 9.80 Å². The van der Waals surface area contributed by atoms with E-state index in [2.05, 4.69) is 0 Å². The molecule has 0 aromatic heterocycles. The van der Waals surface area contributed by atoms with Crippen molar-refractivity contribution < 1.29 is 23.5 Å². The summed E-state index contributed by atoms with van der Waals surface area (Å²) < 4.78 is 24.5. The van der Waals surface area contributed by atoms with Crippen molar-refractivity contribution in [2.24, 2.45) is 0 Å². The Morgan fingerprint density at radius 2 is 1.81 bits per heavy atom. The molecule has 1 aromatic rings. The maximum absolute atomic E-state index is 14.1. The van der Waals surface area contributed by atoms with E-state index in [4.69, 9.17) is 9.47 Å². The molecule has 2 aliphatic heterocycles. The van der Waals surface area contributed by atoms with Gasteiger partial charge in [0.1, 0.15) is 12.2 Å². The number of methoxy groups -OCH3 is 2. The Morgan fingerprint density at radius 3 is 2.48 bits per heavy atom. The molecule has 148 valence electrons. The van der Waals surface area contributed by atoms with Crippen LogP contribution in [-0.4, -0.2) is 67.7 Å². The van der Waals surface area contributed by atoms with Gasteiger partial charge in [-0.05, 0) is 37.0 Å². The van der Waals surface area contributed by atoms with Gasteiger partial charge in [0, 0.05) is 19.5 Å². The summed E-state index contributed by atoms with van der Waals surface area (Å²) in [6, 6.07) is 4.57. The molecule has 2 aliphatic rings. The number of carbonyl (C=O) groups excluding carboxylic acids is 2. The molecule has 1 aromatic carbocycles. The van der Waals surface area contributed by atoms with Crippen molar-refractivity contribution >= 4 is 11.8 Å². The molecule has 2 amide bonds. The van der Waals surface area contributed by atoms with E-state index in [0.717, 1.165) is 24.8 Å².